The first kappa shape index (κ1) is 14.5. The molecule has 0 saturated carbocycles. The van der Waals surface area contributed by atoms with Gasteiger partial charge in [-0.15, -0.1) is 0 Å². The van der Waals surface area contributed by atoms with Crippen molar-refractivity contribution in [2.75, 3.05) is 11.1 Å². The highest BCUT2D eigenvalue weighted by Gasteiger charge is 2.16. The van der Waals surface area contributed by atoms with E-state index >= 15 is 0 Å². The fourth-order valence-corrected chi connectivity index (χ4v) is 1.91. The number of carbonyl (C=O) groups excluding carboxylic acids is 1. The zero-order valence-electron chi connectivity index (χ0n) is 11.7. The average molecular weight is 285 g/mol. The summed E-state index contributed by atoms with van der Waals surface area (Å²) >= 11 is 0. The zero-order valence-corrected chi connectivity index (χ0v) is 11.7. The van der Waals surface area contributed by atoms with Crippen LogP contribution in [-0.4, -0.2) is 10.8 Å². The lowest BCUT2D eigenvalue weighted by atomic mass is 10.1. The molecule has 0 aliphatic heterocycles. The van der Waals surface area contributed by atoms with Crippen LogP contribution in [0.4, 0.5) is 17.1 Å². The lowest BCUT2D eigenvalue weighted by molar-refractivity contribution is -0.383. The summed E-state index contributed by atoms with van der Waals surface area (Å²) in [4.78, 5) is 22.4. The van der Waals surface area contributed by atoms with Crippen molar-refractivity contribution < 1.29 is 9.72 Å². The highest BCUT2D eigenvalue weighted by molar-refractivity contribution is 6.05. The zero-order chi connectivity index (χ0) is 15.6. The number of nitrogens with zero attached hydrogens (tertiary/aromatic N) is 1. The third kappa shape index (κ3) is 3.17. The van der Waals surface area contributed by atoms with Gasteiger partial charge in [-0.3, -0.25) is 14.9 Å². The topological polar surface area (TPSA) is 98.3 Å². The van der Waals surface area contributed by atoms with Gasteiger partial charge >= 0.3 is 0 Å². The van der Waals surface area contributed by atoms with Gasteiger partial charge < -0.3 is 11.1 Å². The number of nitrogen functional groups attached to an aromatic ring is 1. The van der Waals surface area contributed by atoms with Crippen LogP contribution >= 0.6 is 0 Å². The number of hydrogen-bond acceptors (Lipinski definition) is 4. The van der Waals surface area contributed by atoms with Crippen molar-refractivity contribution in [3.8, 4) is 0 Å². The number of nitrogens with one attached hydrogen (secondary N) is 1. The van der Waals surface area contributed by atoms with Crippen LogP contribution < -0.4 is 11.1 Å². The Morgan fingerprint density at radius 2 is 1.90 bits per heavy atom. The van der Waals surface area contributed by atoms with Gasteiger partial charge in [0.1, 0.15) is 5.69 Å². The summed E-state index contributed by atoms with van der Waals surface area (Å²) < 4.78 is 0. The molecule has 0 aliphatic rings. The summed E-state index contributed by atoms with van der Waals surface area (Å²) in [6.45, 7) is 3.80. The summed E-state index contributed by atoms with van der Waals surface area (Å²) in [6.07, 6.45) is 0. The number of hydrogen-bond donors (Lipinski definition) is 2. The smallest absolute Gasteiger partial charge is 0.292 e. The first-order valence-electron chi connectivity index (χ1n) is 6.31. The highest BCUT2D eigenvalue weighted by atomic mass is 16.6. The van der Waals surface area contributed by atoms with Crippen molar-refractivity contribution in [2.24, 2.45) is 0 Å². The number of amides is 1. The van der Waals surface area contributed by atoms with Crippen molar-refractivity contribution >= 4 is 23.0 Å². The van der Waals surface area contributed by atoms with E-state index in [-0.39, 0.29) is 16.9 Å². The Balaban J connectivity index is 2.30. The fourth-order valence-electron chi connectivity index (χ4n) is 1.91. The molecule has 108 valence electrons. The molecule has 0 radical (unpaired) electrons. The molecular formula is C15H15N3O3. The van der Waals surface area contributed by atoms with E-state index in [2.05, 4.69) is 5.32 Å². The van der Waals surface area contributed by atoms with Gasteiger partial charge in [0.25, 0.3) is 11.6 Å². The number of benzene rings is 2. The van der Waals surface area contributed by atoms with Gasteiger partial charge in [-0.2, -0.15) is 0 Å². The second-order valence-electron chi connectivity index (χ2n) is 4.80. The number of anilines is 2. The van der Waals surface area contributed by atoms with E-state index in [0.717, 1.165) is 11.1 Å². The largest absolute Gasteiger partial charge is 0.393 e. The minimum atomic E-state index is -0.607. The molecular weight excluding hydrogens is 270 g/mol. The van der Waals surface area contributed by atoms with Gasteiger partial charge in [-0.05, 0) is 43.2 Å². The summed E-state index contributed by atoms with van der Waals surface area (Å²) in [5, 5.41) is 13.6. The molecule has 0 saturated heterocycles. The number of nitrogens with two attached hydrogens (primary N) is 1. The van der Waals surface area contributed by atoms with Gasteiger partial charge in [0.15, 0.2) is 0 Å². The van der Waals surface area contributed by atoms with Crippen LogP contribution in [0.2, 0.25) is 0 Å². The molecule has 6 nitrogen and oxygen atoms in total. The Labute approximate surface area is 121 Å². The number of nitro benzene ring substituents is 1. The van der Waals surface area contributed by atoms with Crippen LogP contribution in [-0.2, 0) is 0 Å². The molecule has 2 aromatic carbocycles. The molecule has 0 aliphatic carbocycles. The lowest BCUT2D eigenvalue weighted by Gasteiger charge is -2.09. The molecule has 0 atom stereocenters. The number of aryl methyl sites for hydroxylation is 2. The standard InChI is InChI=1S/C15H15N3O3/c1-9-3-4-10(2)13(7-9)17-15(19)11-5-6-12(16)14(8-11)18(20)21/h3-8H,16H2,1-2H3,(H,17,19). The summed E-state index contributed by atoms with van der Waals surface area (Å²) in [7, 11) is 0. The van der Waals surface area contributed by atoms with Gasteiger partial charge in [-0.25, -0.2) is 0 Å². The molecule has 21 heavy (non-hydrogen) atoms. The van der Waals surface area contributed by atoms with Crippen molar-refractivity contribution in [3.63, 3.8) is 0 Å². The Bertz CT molecular complexity index is 726. The van der Waals surface area contributed by atoms with E-state index in [1.54, 1.807) is 0 Å². The van der Waals surface area contributed by atoms with E-state index < -0.39 is 10.8 Å². The molecule has 0 spiro atoms. The predicted molar refractivity (Wildman–Crippen MR) is 81.4 cm³/mol. The maximum atomic E-state index is 12.2. The SMILES string of the molecule is Cc1ccc(C)c(NC(=O)c2ccc(N)c([N+](=O)[O-])c2)c1. The van der Waals surface area contributed by atoms with E-state index in [9.17, 15) is 14.9 Å². The minimum absolute atomic E-state index is 0.0308. The van der Waals surface area contributed by atoms with Gasteiger partial charge in [0.2, 0.25) is 0 Å². The van der Waals surface area contributed by atoms with E-state index in [1.807, 2.05) is 32.0 Å². The summed E-state index contributed by atoms with van der Waals surface area (Å²) in [5.74, 6) is -0.410. The van der Waals surface area contributed by atoms with Crippen molar-refractivity contribution in [1.29, 1.82) is 0 Å². The van der Waals surface area contributed by atoms with E-state index in [4.69, 9.17) is 5.73 Å². The molecule has 0 heterocycles. The van der Waals surface area contributed by atoms with E-state index in [1.165, 1.54) is 18.2 Å². The Kier molecular flexibility index (Phi) is 3.89. The van der Waals surface area contributed by atoms with Crippen LogP contribution in [0.25, 0.3) is 0 Å². The maximum Gasteiger partial charge on any atom is 0.292 e. The first-order valence-corrected chi connectivity index (χ1v) is 6.31. The van der Waals surface area contributed by atoms with Crippen LogP contribution in [0.5, 0.6) is 0 Å². The molecule has 3 N–H and O–H groups in total. The molecule has 0 aromatic heterocycles. The Morgan fingerprint density at radius 1 is 1.19 bits per heavy atom. The van der Waals surface area contributed by atoms with Crippen molar-refractivity contribution in [2.45, 2.75) is 13.8 Å². The maximum absolute atomic E-state index is 12.2. The number of nitro groups is 1. The Hall–Kier alpha value is -2.89. The Morgan fingerprint density at radius 3 is 2.57 bits per heavy atom. The highest BCUT2D eigenvalue weighted by Crippen LogP contribution is 2.23. The van der Waals surface area contributed by atoms with Crippen LogP contribution in [0, 0.1) is 24.0 Å². The molecule has 1 amide bonds. The first-order chi connectivity index (χ1) is 9.88. The van der Waals surface area contributed by atoms with Crippen LogP contribution in [0.15, 0.2) is 36.4 Å². The molecule has 0 fully saturated rings. The molecule has 2 aromatic rings. The van der Waals surface area contributed by atoms with Crippen LogP contribution in [0.1, 0.15) is 21.5 Å². The third-order valence-electron chi connectivity index (χ3n) is 3.13. The number of rotatable bonds is 3. The van der Waals surface area contributed by atoms with E-state index in [0.29, 0.717) is 5.69 Å². The number of carbonyl (C=O) groups is 1. The second-order valence-corrected chi connectivity index (χ2v) is 4.80. The predicted octanol–water partition coefficient (Wildman–Crippen LogP) is 3.05. The quantitative estimate of drug-likeness (QED) is 0.514. The molecule has 6 heteroatoms. The lowest BCUT2D eigenvalue weighted by Crippen LogP contribution is -2.13. The normalized spacial score (nSPS) is 10.2. The fraction of sp³-hybridized carbons (Fsp3) is 0.133. The molecule has 0 bridgehead atoms. The third-order valence-corrected chi connectivity index (χ3v) is 3.13. The molecule has 2 rings (SSSR count). The van der Waals surface area contributed by atoms with Gasteiger partial charge in [-0.1, -0.05) is 12.1 Å². The van der Waals surface area contributed by atoms with Crippen LogP contribution in [0.3, 0.4) is 0 Å². The minimum Gasteiger partial charge on any atom is -0.393 e. The van der Waals surface area contributed by atoms with Crippen molar-refractivity contribution in [1.82, 2.24) is 0 Å². The monoisotopic (exact) mass is 285 g/mol. The average Bonchev–Trinajstić information content (AvgIpc) is 2.43. The summed E-state index contributed by atoms with van der Waals surface area (Å²) in [5.41, 5.74) is 8.07. The summed E-state index contributed by atoms with van der Waals surface area (Å²) in [6, 6.07) is 9.68. The molecule has 0 unspecified atom stereocenters. The van der Waals surface area contributed by atoms with Gasteiger partial charge in [0.05, 0.1) is 4.92 Å². The second kappa shape index (κ2) is 5.62. The van der Waals surface area contributed by atoms with Crippen molar-refractivity contribution in [3.05, 3.63) is 63.2 Å². The van der Waals surface area contributed by atoms with Gasteiger partial charge in [0, 0.05) is 17.3 Å².